The van der Waals surface area contributed by atoms with E-state index in [0.717, 1.165) is 45.1 Å². The molecule has 2 fully saturated rings. The zero-order chi connectivity index (χ0) is 22.7. The Morgan fingerprint density at radius 2 is 2.00 bits per heavy atom. The Morgan fingerprint density at radius 1 is 1.22 bits per heavy atom. The first-order chi connectivity index (χ1) is 15.5. The van der Waals surface area contributed by atoms with Crippen molar-refractivity contribution < 1.29 is 9.59 Å². The van der Waals surface area contributed by atoms with Crippen LogP contribution in [0, 0.1) is 5.92 Å². The minimum Gasteiger partial charge on any atom is -0.356 e. The van der Waals surface area contributed by atoms with E-state index >= 15 is 0 Å². The number of carbonyl (C=O) groups excluding carboxylic acids is 2. The summed E-state index contributed by atoms with van der Waals surface area (Å²) < 4.78 is 1.84. The van der Waals surface area contributed by atoms with Crippen LogP contribution in [0.3, 0.4) is 0 Å². The van der Waals surface area contributed by atoms with Crippen molar-refractivity contribution in [1.82, 2.24) is 24.8 Å². The lowest BCUT2D eigenvalue weighted by Crippen LogP contribution is -2.43. The SMILES string of the molecule is CCNC(=O)[C@@H]1CCCN(c2nc3ncn(CC(=O)N(C)C4CCCCC4)c(=O)c3s2)C1. The van der Waals surface area contributed by atoms with Gasteiger partial charge in [0.1, 0.15) is 17.6 Å². The number of carbonyl (C=O) groups is 2. The number of hydrogen-bond acceptors (Lipinski definition) is 7. The summed E-state index contributed by atoms with van der Waals surface area (Å²) in [5.41, 5.74) is 0.167. The smallest absolute Gasteiger partial charge is 0.273 e. The lowest BCUT2D eigenvalue weighted by atomic mass is 9.94. The number of amides is 2. The van der Waals surface area contributed by atoms with Crippen LogP contribution in [-0.2, 0) is 16.1 Å². The number of aromatic nitrogens is 3. The second-order valence-corrected chi connectivity index (χ2v) is 9.78. The van der Waals surface area contributed by atoms with Crippen molar-refractivity contribution in [3.05, 3.63) is 16.7 Å². The summed E-state index contributed by atoms with van der Waals surface area (Å²) in [6.45, 7) is 3.92. The van der Waals surface area contributed by atoms with Gasteiger partial charge < -0.3 is 15.1 Å². The molecule has 2 aliphatic rings. The van der Waals surface area contributed by atoms with Crippen molar-refractivity contribution in [2.75, 3.05) is 31.6 Å². The number of anilines is 1. The summed E-state index contributed by atoms with van der Waals surface area (Å²) in [4.78, 5) is 50.9. The molecule has 10 heteroatoms. The predicted molar refractivity (Wildman–Crippen MR) is 125 cm³/mol. The molecule has 1 aliphatic carbocycles. The van der Waals surface area contributed by atoms with Crippen molar-refractivity contribution in [2.45, 2.75) is 64.5 Å². The van der Waals surface area contributed by atoms with Gasteiger partial charge in [-0.3, -0.25) is 19.0 Å². The topological polar surface area (TPSA) is 100 Å². The third-order valence-electron chi connectivity index (χ3n) is 6.61. The van der Waals surface area contributed by atoms with Crippen LogP contribution in [0.25, 0.3) is 10.3 Å². The Morgan fingerprint density at radius 3 is 2.75 bits per heavy atom. The van der Waals surface area contributed by atoms with Gasteiger partial charge in [-0.1, -0.05) is 30.6 Å². The highest BCUT2D eigenvalue weighted by molar-refractivity contribution is 7.22. The third kappa shape index (κ3) is 4.79. The third-order valence-corrected chi connectivity index (χ3v) is 7.70. The van der Waals surface area contributed by atoms with E-state index in [4.69, 9.17) is 0 Å². The number of hydrogen-bond donors (Lipinski definition) is 1. The van der Waals surface area contributed by atoms with Gasteiger partial charge in [0.15, 0.2) is 10.8 Å². The molecule has 0 spiro atoms. The van der Waals surface area contributed by atoms with Crippen LogP contribution in [0.4, 0.5) is 5.13 Å². The van der Waals surface area contributed by atoms with E-state index in [2.05, 4.69) is 20.2 Å². The van der Waals surface area contributed by atoms with Gasteiger partial charge in [-0.2, -0.15) is 4.98 Å². The van der Waals surface area contributed by atoms with Crippen LogP contribution in [0.2, 0.25) is 0 Å². The number of likely N-dealkylation sites (N-methyl/N-ethyl adjacent to an activating group) is 1. The molecule has 9 nitrogen and oxygen atoms in total. The Labute approximate surface area is 191 Å². The van der Waals surface area contributed by atoms with E-state index in [1.54, 1.807) is 4.90 Å². The van der Waals surface area contributed by atoms with Crippen molar-refractivity contribution >= 4 is 38.6 Å². The zero-order valence-corrected chi connectivity index (χ0v) is 19.7. The fourth-order valence-corrected chi connectivity index (χ4v) is 5.70. The van der Waals surface area contributed by atoms with Gasteiger partial charge in [0, 0.05) is 32.7 Å². The maximum Gasteiger partial charge on any atom is 0.273 e. The Hall–Kier alpha value is -2.49. The molecule has 174 valence electrons. The van der Waals surface area contributed by atoms with Crippen LogP contribution in [0.15, 0.2) is 11.1 Å². The largest absolute Gasteiger partial charge is 0.356 e. The lowest BCUT2D eigenvalue weighted by molar-refractivity contribution is -0.133. The molecule has 2 aromatic heterocycles. The average molecular weight is 461 g/mol. The number of piperidine rings is 1. The summed E-state index contributed by atoms with van der Waals surface area (Å²) in [5.74, 6) is -0.0710. The van der Waals surface area contributed by atoms with Gasteiger partial charge in [-0.25, -0.2) is 4.98 Å². The van der Waals surface area contributed by atoms with Crippen LogP contribution >= 0.6 is 11.3 Å². The van der Waals surface area contributed by atoms with Crippen LogP contribution in [0.5, 0.6) is 0 Å². The second kappa shape index (κ2) is 9.97. The Kier molecular flexibility index (Phi) is 7.07. The number of nitrogens with one attached hydrogen (secondary N) is 1. The average Bonchev–Trinajstić information content (AvgIpc) is 3.26. The van der Waals surface area contributed by atoms with Gasteiger partial charge in [0.25, 0.3) is 5.56 Å². The molecule has 1 saturated heterocycles. The predicted octanol–water partition coefficient (Wildman–Crippen LogP) is 2.00. The molecule has 1 N–H and O–H groups in total. The van der Waals surface area contributed by atoms with Crippen molar-refractivity contribution in [1.29, 1.82) is 0 Å². The minimum atomic E-state index is -0.235. The quantitative estimate of drug-likeness (QED) is 0.708. The number of thiazole rings is 1. The molecule has 1 saturated carbocycles. The molecule has 4 rings (SSSR count). The molecule has 0 unspecified atom stereocenters. The molecule has 0 aromatic carbocycles. The van der Waals surface area contributed by atoms with E-state index in [-0.39, 0.29) is 35.9 Å². The standard InChI is InChI=1S/C22H32N6O3S/c1-3-23-20(30)15-8-7-11-27(12-15)22-25-19-18(32-22)21(31)28(14-24-19)13-17(29)26(2)16-9-5-4-6-10-16/h14-16H,3-13H2,1-2H3,(H,23,30)/t15-/m1/s1. The van der Waals surface area contributed by atoms with E-state index in [1.165, 1.54) is 28.7 Å². The molecule has 1 aliphatic heterocycles. The van der Waals surface area contributed by atoms with Gasteiger partial charge in [-0.05, 0) is 32.6 Å². The van der Waals surface area contributed by atoms with Gasteiger partial charge in [-0.15, -0.1) is 0 Å². The molecule has 3 heterocycles. The molecule has 2 amide bonds. The van der Waals surface area contributed by atoms with E-state index in [0.29, 0.717) is 28.6 Å². The van der Waals surface area contributed by atoms with Crippen molar-refractivity contribution in [2.24, 2.45) is 5.92 Å². The van der Waals surface area contributed by atoms with E-state index in [1.807, 2.05) is 14.0 Å². The van der Waals surface area contributed by atoms with Gasteiger partial charge in [0.05, 0.1) is 5.92 Å². The molecule has 2 aromatic rings. The molecule has 0 radical (unpaired) electrons. The fourth-order valence-electron chi connectivity index (χ4n) is 4.70. The van der Waals surface area contributed by atoms with Crippen molar-refractivity contribution in [3.63, 3.8) is 0 Å². The Bertz CT molecular complexity index is 1030. The van der Waals surface area contributed by atoms with E-state index in [9.17, 15) is 14.4 Å². The molecular formula is C22H32N6O3S. The highest BCUT2D eigenvalue weighted by Crippen LogP contribution is 2.29. The highest BCUT2D eigenvalue weighted by atomic mass is 32.1. The van der Waals surface area contributed by atoms with Gasteiger partial charge in [0.2, 0.25) is 11.8 Å². The molecular weight excluding hydrogens is 428 g/mol. The normalized spacial score (nSPS) is 19.8. The zero-order valence-electron chi connectivity index (χ0n) is 18.9. The summed E-state index contributed by atoms with van der Waals surface area (Å²) in [7, 11) is 1.83. The first-order valence-electron chi connectivity index (χ1n) is 11.6. The number of nitrogens with zero attached hydrogens (tertiary/aromatic N) is 5. The lowest BCUT2D eigenvalue weighted by Gasteiger charge is -2.31. The fraction of sp³-hybridized carbons (Fsp3) is 0.682. The molecule has 32 heavy (non-hydrogen) atoms. The summed E-state index contributed by atoms with van der Waals surface area (Å²) in [5, 5.41) is 3.61. The maximum absolute atomic E-state index is 13.1. The second-order valence-electron chi connectivity index (χ2n) is 8.80. The van der Waals surface area contributed by atoms with Crippen molar-refractivity contribution in [3.8, 4) is 0 Å². The summed E-state index contributed by atoms with van der Waals surface area (Å²) >= 11 is 1.30. The van der Waals surface area contributed by atoms with Crippen LogP contribution in [0.1, 0.15) is 51.9 Å². The summed E-state index contributed by atoms with van der Waals surface area (Å²) in [6.07, 6.45) is 8.77. The van der Waals surface area contributed by atoms with Crippen LogP contribution < -0.4 is 15.8 Å². The van der Waals surface area contributed by atoms with E-state index < -0.39 is 0 Å². The monoisotopic (exact) mass is 460 g/mol. The van der Waals surface area contributed by atoms with Crippen LogP contribution in [-0.4, -0.2) is 64.0 Å². The molecule has 1 atom stereocenters. The first-order valence-corrected chi connectivity index (χ1v) is 12.4. The first kappa shape index (κ1) is 22.7. The minimum absolute atomic E-state index is 0.00894. The number of rotatable bonds is 6. The molecule has 0 bridgehead atoms. The van der Waals surface area contributed by atoms with Gasteiger partial charge >= 0.3 is 0 Å². The highest BCUT2D eigenvalue weighted by Gasteiger charge is 2.28. The Balaban J connectivity index is 1.49. The summed E-state index contributed by atoms with van der Waals surface area (Å²) in [6, 6.07) is 0.260. The maximum atomic E-state index is 13.1. The number of fused-ring (bicyclic) bond motifs is 1.